The molecule has 3 aliphatic rings. The standard InChI is InChI=1S/C52H38OS2/c1-49(2)34-16-6-10-20-38(34)51(39-21-11-7-17-35(39)49)42-27-28-54-47(42)52(40-22-12-8-18-36(40)50(3,4)37-19-9-13-23-41(37)52)43-30-46(55-48(43)51)31-25-26-33-32-15-5-14-24-44(32)53-45(33)29-31/h5-30H,1-4H3. The van der Waals surface area contributed by atoms with Gasteiger partial charge >= 0.3 is 0 Å². The minimum Gasteiger partial charge on any atom is -0.456 e. The summed E-state index contributed by atoms with van der Waals surface area (Å²) in [6.45, 7) is 9.65. The normalized spacial score (nSPS) is 17.3. The Hall–Kier alpha value is -5.48. The maximum Gasteiger partial charge on any atom is 0.136 e. The zero-order chi connectivity index (χ0) is 36.9. The molecular formula is C52H38OS2. The molecule has 0 saturated heterocycles. The third kappa shape index (κ3) is 3.70. The van der Waals surface area contributed by atoms with Crippen molar-refractivity contribution in [1.29, 1.82) is 0 Å². The van der Waals surface area contributed by atoms with E-state index in [0.717, 1.165) is 21.9 Å². The van der Waals surface area contributed by atoms with E-state index < -0.39 is 10.8 Å². The van der Waals surface area contributed by atoms with Gasteiger partial charge in [-0.15, -0.1) is 22.7 Å². The molecule has 3 aromatic heterocycles. The van der Waals surface area contributed by atoms with Crippen LogP contribution in [0.25, 0.3) is 32.4 Å². The van der Waals surface area contributed by atoms with Crippen LogP contribution in [0, 0.1) is 0 Å². The second kappa shape index (κ2) is 10.6. The van der Waals surface area contributed by atoms with Crippen LogP contribution in [-0.2, 0) is 21.7 Å². The molecule has 9 aromatic rings. The molecule has 0 atom stereocenters. The van der Waals surface area contributed by atoms with Gasteiger partial charge in [0.25, 0.3) is 0 Å². The number of rotatable bonds is 1. The Labute approximate surface area is 329 Å². The molecule has 0 bridgehead atoms. The molecule has 0 unspecified atom stereocenters. The highest BCUT2D eigenvalue weighted by molar-refractivity contribution is 7.16. The average Bonchev–Trinajstić information content (AvgIpc) is 3.98. The highest BCUT2D eigenvalue weighted by Gasteiger charge is 2.61. The van der Waals surface area contributed by atoms with Crippen LogP contribution >= 0.6 is 22.7 Å². The monoisotopic (exact) mass is 742 g/mol. The Kier molecular flexibility index (Phi) is 6.15. The predicted molar refractivity (Wildman–Crippen MR) is 229 cm³/mol. The van der Waals surface area contributed by atoms with E-state index in [9.17, 15) is 0 Å². The highest BCUT2D eigenvalue weighted by Crippen LogP contribution is 2.69. The Morgan fingerprint density at radius 2 is 0.873 bits per heavy atom. The van der Waals surface area contributed by atoms with Gasteiger partial charge in [0.05, 0.1) is 10.8 Å². The zero-order valence-electron chi connectivity index (χ0n) is 31.2. The van der Waals surface area contributed by atoms with E-state index in [0.29, 0.717) is 0 Å². The van der Waals surface area contributed by atoms with Gasteiger partial charge in [-0.1, -0.05) is 149 Å². The topological polar surface area (TPSA) is 13.1 Å². The van der Waals surface area contributed by atoms with Crippen molar-refractivity contribution in [2.45, 2.75) is 49.4 Å². The van der Waals surface area contributed by atoms with E-state index in [1.54, 1.807) is 0 Å². The quantitative estimate of drug-likeness (QED) is 0.163. The van der Waals surface area contributed by atoms with Gasteiger partial charge in [0.2, 0.25) is 0 Å². The lowest BCUT2D eigenvalue weighted by molar-refractivity contribution is 0.522. The maximum absolute atomic E-state index is 6.51. The zero-order valence-corrected chi connectivity index (χ0v) is 32.9. The van der Waals surface area contributed by atoms with Crippen molar-refractivity contribution in [1.82, 2.24) is 0 Å². The molecule has 0 N–H and O–H groups in total. The van der Waals surface area contributed by atoms with Gasteiger partial charge < -0.3 is 4.42 Å². The van der Waals surface area contributed by atoms with E-state index in [1.807, 2.05) is 22.7 Å². The Morgan fingerprint density at radius 1 is 0.400 bits per heavy atom. The average molecular weight is 743 g/mol. The molecule has 0 aliphatic heterocycles. The predicted octanol–water partition coefficient (Wildman–Crippen LogP) is 13.7. The van der Waals surface area contributed by atoms with Crippen molar-refractivity contribution in [3.05, 3.63) is 222 Å². The lowest BCUT2D eigenvalue weighted by atomic mass is 9.48. The molecule has 0 amide bonds. The summed E-state index contributed by atoms with van der Waals surface area (Å²) in [6, 6.07) is 57.6. The number of fused-ring (bicyclic) bond motifs is 17. The minimum absolute atomic E-state index is 0.162. The van der Waals surface area contributed by atoms with Crippen LogP contribution in [0.5, 0.6) is 0 Å². The molecule has 0 saturated carbocycles. The molecule has 6 aromatic carbocycles. The Bertz CT molecular complexity index is 2820. The fourth-order valence-corrected chi connectivity index (χ4v) is 13.8. The summed E-state index contributed by atoms with van der Waals surface area (Å²) in [5.74, 6) is 0. The number of thiophene rings is 2. The van der Waals surface area contributed by atoms with E-state index in [-0.39, 0.29) is 10.8 Å². The molecule has 12 rings (SSSR count). The van der Waals surface area contributed by atoms with Crippen LogP contribution in [0.1, 0.15) is 93.1 Å². The second-order valence-electron chi connectivity index (χ2n) is 16.8. The summed E-state index contributed by atoms with van der Waals surface area (Å²) in [7, 11) is 0. The third-order valence-electron chi connectivity index (χ3n) is 13.6. The molecule has 55 heavy (non-hydrogen) atoms. The third-order valence-corrected chi connectivity index (χ3v) is 15.9. The molecule has 0 fully saturated rings. The first kappa shape index (κ1) is 31.8. The maximum atomic E-state index is 6.51. The van der Waals surface area contributed by atoms with Crippen LogP contribution in [-0.4, -0.2) is 0 Å². The molecule has 3 aliphatic carbocycles. The molecule has 264 valence electrons. The number of para-hydroxylation sites is 1. The first-order valence-corrected chi connectivity index (χ1v) is 21.0. The molecule has 3 heterocycles. The Balaban J connectivity index is 1.27. The van der Waals surface area contributed by atoms with E-state index in [1.165, 1.54) is 75.8 Å². The van der Waals surface area contributed by atoms with Crippen molar-refractivity contribution in [3.63, 3.8) is 0 Å². The van der Waals surface area contributed by atoms with Crippen molar-refractivity contribution in [2.24, 2.45) is 0 Å². The number of hydrogen-bond donors (Lipinski definition) is 0. The van der Waals surface area contributed by atoms with Gasteiger partial charge in [-0.25, -0.2) is 0 Å². The van der Waals surface area contributed by atoms with Crippen LogP contribution < -0.4 is 0 Å². The van der Waals surface area contributed by atoms with E-state index in [4.69, 9.17) is 4.42 Å². The fourth-order valence-electron chi connectivity index (χ4n) is 11.2. The van der Waals surface area contributed by atoms with Gasteiger partial charge in [-0.2, -0.15) is 0 Å². The second-order valence-corrected chi connectivity index (χ2v) is 18.7. The van der Waals surface area contributed by atoms with Crippen LogP contribution in [0.4, 0.5) is 0 Å². The number of benzene rings is 6. The number of hydrogen-bond acceptors (Lipinski definition) is 3. The van der Waals surface area contributed by atoms with Crippen LogP contribution in [0.3, 0.4) is 0 Å². The summed E-state index contributed by atoms with van der Waals surface area (Å²) in [4.78, 5) is 4.11. The molecule has 1 nitrogen and oxygen atoms in total. The molecular weight excluding hydrogens is 705 g/mol. The summed E-state index contributed by atoms with van der Waals surface area (Å²) < 4.78 is 6.51. The van der Waals surface area contributed by atoms with Crippen molar-refractivity contribution in [3.8, 4) is 10.4 Å². The largest absolute Gasteiger partial charge is 0.456 e. The van der Waals surface area contributed by atoms with Crippen LogP contribution in [0.2, 0.25) is 0 Å². The smallest absolute Gasteiger partial charge is 0.136 e. The van der Waals surface area contributed by atoms with Crippen molar-refractivity contribution < 1.29 is 4.42 Å². The molecule has 3 heteroatoms. The first-order valence-electron chi connectivity index (χ1n) is 19.3. The minimum atomic E-state index is -0.498. The van der Waals surface area contributed by atoms with Crippen molar-refractivity contribution >= 4 is 44.6 Å². The molecule has 0 radical (unpaired) electrons. The number of furan rings is 1. The van der Waals surface area contributed by atoms with Gasteiger partial charge in [0.15, 0.2) is 0 Å². The SMILES string of the molecule is CC1(C)c2ccccc2C2(c3ccccc31)c1cc(-c3ccc4c(c3)oc3ccccc34)sc1C1(c3ccccc3C(C)(C)c3ccccc31)c1ccsc12. The van der Waals surface area contributed by atoms with Crippen molar-refractivity contribution in [2.75, 3.05) is 0 Å². The van der Waals surface area contributed by atoms with Gasteiger partial charge in [0.1, 0.15) is 11.2 Å². The Morgan fingerprint density at radius 3 is 1.44 bits per heavy atom. The fraction of sp³-hybridized carbons (Fsp3) is 0.154. The van der Waals surface area contributed by atoms with Crippen LogP contribution in [0.15, 0.2) is 161 Å². The summed E-state index contributed by atoms with van der Waals surface area (Å²) >= 11 is 3.92. The summed E-state index contributed by atoms with van der Waals surface area (Å²) in [5, 5.41) is 4.69. The van der Waals surface area contributed by atoms with E-state index in [2.05, 4.69) is 185 Å². The van der Waals surface area contributed by atoms with Gasteiger partial charge in [-0.3, -0.25) is 0 Å². The lowest BCUT2D eigenvalue weighted by Gasteiger charge is -2.55. The summed E-state index contributed by atoms with van der Waals surface area (Å²) in [6.07, 6.45) is 0. The molecule has 2 spiro atoms. The first-order chi connectivity index (χ1) is 26.8. The summed E-state index contributed by atoms with van der Waals surface area (Å²) in [5.41, 5.74) is 15.7. The van der Waals surface area contributed by atoms with E-state index >= 15 is 0 Å². The highest BCUT2D eigenvalue weighted by atomic mass is 32.1. The van der Waals surface area contributed by atoms with Gasteiger partial charge in [0, 0.05) is 36.2 Å². The van der Waals surface area contributed by atoms with Gasteiger partial charge in [-0.05, 0) is 96.9 Å². The lowest BCUT2D eigenvalue weighted by Crippen LogP contribution is -2.50.